The highest BCUT2D eigenvalue weighted by Crippen LogP contribution is 2.14. The first-order valence-corrected chi connectivity index (χ1v) is 25.6. The number of hydrogen-bond acceptors (Lipinski definition) is 6. The summed E-state index contributed by atoms with van der Waals surface area (Å²) >= 11 is 0. The summed E-state index contributed by atoms with van der Waals surface area (Å²) in [6.07, 6.45) is 64.3. The number of unbranched alkanes of at least 4 members (excludes halogenated alkanes) is 20. The Morgan fingerprint density at radius 2 is 0.629 bits per heavy atom. The van der Waals surface area contributed by atoms with Gasteiger partial charge in [-0.3, -0.25) is 14.4 Å². The highest BCUT2D eigenvalue weighted by Gasteiger charge is 2.19. The van der Waals surface area contributed by atoms with Crippen molar-refractivity contribution in [2.24, 2.45) is 0 Å². The minimum atomic E-state index is -0.794. The minimum Gasteiger partial charge on any atom is -0.462 e. The quantitative estimate of drug-likeness (QED) is 0.0263. The second-order valence-corrected chi connectivity index (χ2v) is 16.7. The molecule has 0 aromatic rings. The van der Waals surface area contributed by atoms with Gasteiger partial charge in [-0.1, -0.05) is 228 Å². The first-order valence-electron chi connectivity index (χ1n) is 25.6. The lowest BCUT2D eigenvalue weighted by molar-refractivity contribution is -0.167. The van der Waals surface area contributed by atoms with Crippen molar-refractivity contribution >= 4 is 17.9 Å². The smallest absolute Gasteiger partial charge is 0.306 e. The molecule has 1 unspecified atom stereocenters. The van der Waals surface area contributed by atoms with E-state index in [9.17, 15) is 14.4 Å². The standard InChI is InChI=1S/C56H94O6/c1-4-7-10-13-16-19-22-23-24-25-26-27-28-29-30-31-32-33-35-37-40-43-46-49-55(58)61-52-53(51-60-54(57)48-45-42-39-36-21-18-15-12-9-6-3)62-56(59)50-47-44-41-38-34-20-17-14-11-8-5-2/h7,10,16,19,23-24,26-27,29-30,32-33,37,40,53H,4-6,8-9,11-15,17-18,20-22,25,28,31,34-36,38-39,41-52H2,1-3H3/b10-7-,19-16-,24-23-,27-26-,30-29-,33-32-,40-37-. The van der Waals surface area contributed by atoms with Gasteiger partial charge in [0.15, 0.2) is 6.10 Å². The Balaban J connectivity index is 4.39. The van der Waals surface area contributed by atoms with E-state index < -0.39 is 6.10 Å². The van der Waals surface area contributed by atoms with Gasteiger partial charge in [0, 0.05) is 19.3 Å². The Labute approximate surface area is 382 Å². The minimum absolute atomic E-state index is 0.0921. The maximum atomic E-state index is 12.7. The largest absolute Gasteiger partial charge is 0.462 e. The lowest BCUT2D eigenvalue weighted by atomic mass is 10.1. The third-order valence-corrected chi connectivity index (χ3v) is 10.7. The molecular formula is C56H94O6. The van der Waals surface area contributed by atoms with Crippen LogP contribution in [0.2, 0.25) is 0 Å². The van der Waals surface area contributed by atoms with Crippen molar-refractivity contribution in [3.05, 3.63) is 85.1 Å². The first-order chi connectivity index (χ1) is 30.5. The van der Waals surface area contributed by atoms with Gasteiger partial charge in [-0.05, 0) is 70.6 Å². The predicted molar refractivity (Wildman–Crippen MR) is 265 cm³/mol. The molecule has 0 aliphatic rings. The fourth-order valence-electron chi connectivity index (χ4n) is 6.84. The van der Waals surface area contributed by atoms with E-state index in [0.29, 0.717) is 19.3 Å². The van der Waals surface area contributed by atoms with Crippen molar-refractivity contribution in [1.29, 1.82) is 0 Å². The fourth-order valence-corrected chi connectivity index (χ4v) is 6.84. The molecule has 0 N–H and O–H groups in total. The van der Waals surface area contributed by atoms with E-state index in [0.717, 1.165) is 89.9 Å². The van der Waals surface area contributed by atoms with Gasteiger partial charge in [0.25, 0.3) is 0 Å². The molecule has 0 radical (unpaired) electrons. The molecular weight excluding hydrogens is 769 g/mol. The molecule has 0 saturated heterocycles. The molecule has 0 aromatic carbocycles. The number of carbonyl (C=O) groups is 3. The van der Waals surface area contributed by atoms with E-state index in [1.54, 1.807) is 0 Å². The summed E-state index contributed by atoms with van der Waals surface area (Å²) in [7, 11) is 0. The molecule has 0 rings (SSSR count). The summed E-state index contributed by atoms with van der Waals surface area (Å²) in [5.41, 5.74) is 0. The number of hydrogen-bond donors (Lipinski definition) is 0. The molecule has 0 heterocycles. The molecule has 0 amide bonds. The lowest BCUT2D eigenvalue weighted by Crippen LogP contribution is -2.30. The topological polar surface area (TPSA) is 78.9 Å². The van der Waals surface area contributed by atoms with Gasteiger partial charge >= 0.3 is 17.9 Å². The second kappa shape index (κ2) is 50.2. The number of ether oxygens (including phenoxy) is 3. The average molecular weight is 863 g/mol. The van der Waals surface area contributed by atoms with E-state index in [-0.39, 0.29) is 37.5 Å². The van der Waals surface area contributed by atoms with Crippen LogP contribution < -0.4 is 0 Å². The molecule has 0 spiro atoms. The number of esters is 3. The zero-order chi connectivity index (χ0) is 45.1. The van der Waals surface area contributed by atoms with Gasteiger partial charge in [0.2, 0.25) is 0 Å². The van der Waals surface area contributed by atoms with Crippen molar-refractivity contribution in [3.8, 4) is 0 Å². The molecule has 0 aliphatic carbocycles. The summed E-state index contributed by atoms with van der Waals surface area (Å²) in [6.45, 7) is 6.45. The highest BCUT2D eigenvalue weighted by atomic mass is 16.6. The normalized spacial score (nSPS) is 12.8. The van der Waals surface area contributed by atoms with Crippen LogP contribution in [0.3, 0.4) is 0 Å². The SMILES string of the molecule is CC/C=C\C/C=C\C/C=C\C/C=C\C/C=C\C/C=C\C/C=C\CCCC(=O)OCC(COC(=O)CCCCCCCCCCCC)OC(=O)CCCCCCCCCCCCC. The summed E-state index contributed by atoms with van der Waals surface area (Å²) < 4.78 is 16.7. The van der Waals surface area contributed by atoms with Crippen LogP contribution in [0.25, 0.3) is 0 Å². The Hall–Kier alpha value is -3.41. The molecule has 6 nitrogen and oxygen atoms in total. The molecule has 354 valence electrons. The van der Waals surface area contributed by atoms with E-state index in [2.05, 4.69) is 106 Å². The van der Waals surface area contributed by atoms with Crippen LogP contribution >= 0.6 is 0 Å². The molecule has 6 heteroatoms. The second-order valence-electron chi connectivity index (χ2n) is 16.7. The third-order valence-electron chi connectivity index (χ3n) is 10.7. The highest BCUT2D eigenvalue weighted by molar-refractivity contribution is 5.71. The third kappa shape index (κ3) is 47.6. The Morgan fingerprint density at radius 3 is 0.984 bits per heavy atom. The summed E-state index contributed by atoms with van der Waals surface area (Å²) in [4.78, 5) is 37.8. The zero-order valence-corrected chi connectivity index (χ0v) is 40.4. The monoisotopic (exact) mass is 863 g/mol. The summed E-state index contributed by atoms with van der Waals surface area (Å²) in [5.74, 6) is -0.957. The predicted octanol–water partition coefficient (Wildman–Crippen LogP) is 16.8. The van der Waals surface area contributed by atoms with Crippen molar-refractivity contribution in [1.82, 2.24) is 0 Å². The molecule has 1 atom stereocenters. The number of rotatable bonds is 45. The van der Waals surface area contributed by atoms with Gasteiger partial charge in [0.05, 0.1) is 0 Å². The maximum absolute atomic E-state index is 12.7. The first kappa shape index (κ1) is 58.6. The van der Waals surface area contributed by atoms with Crippen LogP contribution in [0.5, 0.6) is 0 Å². The van der Waals surface area contributed by atoms with E-state index in [1.165, 1.54) is 96.3 Å². The van der Waals surface area contributed by atoms with Crippen LogP contribution in [0.15, 0.2) is 85.1 Å². The Morgan fingerprint density at radius 1 is 0.339 bits per heavy atom. The average Bonchev–Trinajstić information content (AvgIpc) is 3.27. The van der Waals surface area contributed by atoms with Crippen LogP contribution in [-0.4, -0.2) is 37.2 Å². The van der Waals surface area contributed by atoms with E-state index in [1.807, 2.05) is 0 Å². The van der Waals surface area contributed by atoms with Crippen molar-refractivity contribution in [3.63, 3.8) is 0 Å². The van der Waals surface area contributed by atoms with Crippen molar-refractivity contribution in [2.75, 3.05) is 13.2 Å². The van der Waals surface area contributed by atoms with E-state index in [4.69, 9.17) is 14.2 Å². The van der Waals surface area contributed by atoms with E-state index >= 15 is 0 Å². The van der Waals surface area contributed by atoms with Crippen molar-refractivity contribution < 1.29 is 28.6 Å². The fraction of sp³-hybridized carbons (Fsp3) is 0.696. The van der Waals surface area contributed by atoms with Gasteiger partial charge in [0.1, 0.15) is 13.2 Å². The molecule has 0 fully saturated rings. The van der Waals surface area contributed by atoms with Gasteiger partial charge in [-0.25, -0.2) is 0 Å². The van der Waals surface area contributed by atoms with Crippen LogP contribution in [0, 0.1) is 0 Å². The Bertz CT molecular complexity index is 1220. The maximum Gasteiger partial charge on any atom is 0.306 e. The van der Waals surface area contributed by atoms with Crippen LogP contribution in [-0.2, 0) is 28.6 Å². The van der Waals surface area contributed by atoms with Gasteiger partial charge in [-0.15, -0.1) is 0 Å². The number of carbonyl (C=O) groups excluding carboxylic acids is 3. The summed E-state index contributed by atoms with van der Waals surface area (Å²) in [5, 5.41) is 0. The summed E-state index contributed by atoms with van der Waals surface area (Å²) in [6, 6.07) is 0. The molecule has 0 aliphatic heterocycles. The Kier molecular flexibility index (Phi) is 47.5. The zero-order valence-electron chi connectivity index (χ0n) is 40.4. The van der Waals surface area contributed by atoms with Gasteiger partial charge < -0.3 is 14.2 Å². The number of allylic oxidation sites excluding steroid dienone is 14. The molecule has 0 saturated carbocycles. The van der Waals surface area contributed by atoms with Gasteiger partial charge in [-0.2, -0.15) is 0 Å². The van der Waals surface area contributed by atoms with Crippen LogP contribution in [0.4, 0.5) is 0 Å². The molecule has 0 aromatic heterocycles. The molecule has 62 heavy (non-hydrogen) atoms. The van der Waals surface area contributed by atoms with Crippen molar-refractivity contribution in [2.45, 2.75) is 239 Å². The molecule has 0 bridgehead atoms. The lowest BCUT2D eigenvalue weighted by Gasteiger charge is -2.18. The van der Waals surface area contributed by atoms with Crippen LogP contribution in [0.1, 0.15) is 233 Å².